The molecule has 1 aliphatic rings. The summed E-state index contributed by atoms with van der Waals surface area (Å²) in [5.41, 5.74) is -0.464. The van der Waals surface area contributed by atoms with Crippen molar-refractivity contribution >= 4 is 0 Å². The van der Waals surface area contributed by atoms with E-state index in [1.807, 2.05) is 0 Å². The Morgan fingerprint density at radius 1 is 1.78 bits per heavy atom. The Bertz CT molecular complexity index is 116. The Balaban J connectivity index is 2.38. The minimum Gasteiger partial charge on any atom is -0.396 e. The number of halogens is 2. The molecule has 9 heavy (non-hydrogen) atoms. The molecule has 0 aromatic heterocycles. The Hall–Kier alpha value is -0.180. The molecule has 0 heterocycles. The highest BCUT2D eigenvalue weighted by Crippen LogP contribution is 2.54. The van der Waals surface area contributed by atoms with Crippen molar-refractivity contribution in [1.82, 2.24) is 0 Å². The standard InChI is InChI=1S/C6H10F2O/c1-6(3-9)2-4(6)5(7)8/h4-5,9H,2-3H2,1H3. The van der Waals surface area contributed by atoms with E-state index in [-0.39, 0.29) is 6.61 Å². The van der Waals surface area contributed by atoms with Crippen molar-refractivity contribution in [2.45, 2.75) is 19.8 Å². The Morgan fingerprint density at radius 2 is 2.33 bits per heavy atom. The van der Waals surface area contributed by atoms with Crippen LogP contribution in [0, 0.1) is 11.3 Å². The van der Waals surface area contributed by atoms with Gasteiger partial charge in [-0.2, -0.15) is 0 Å². The van der Waals surface area contributed by atoms with Gasteiger partial charge in [-0.05, 0) is 11.8 Å². The molecule has 0 saturated heterocycles. The number of alkyl halides is 2. The van der Waals surface area contributed by atoms with Gasteiger partial charge in [-0.25, -0.2) is 8.78 Å². The van der Waals surface area contributed by atoms with E-state index in [9.17, 15) is 8.78 Å². The van der Waals surface area contributed by atoms with Crippen molar-refractivity contribution in [3.8, 4) is 0 Å². The van der Waals surface area contributed by atoms with Gasteiger partial charge in [-0.15, -0.1) is 0 Å². The van der Waals surface area contributed by atoms with Crippen LogP contribution in [0.3, 0.4) is 0 Å². The zero-order chi connectivity index (χ0) is 7.07. The molecule has 0 bridgehead atoms. The third kappa shape index (κ3) is 1.06. The van der Waals surface area contributed by atoms with Crippen LogP contribution in [0.4, 0.5) is 8.78 Å². The maximum absolute atomic E-state index is 11.8. The lowest BCUT2D eigenvalue weighted by molar-refractivity contribution is 0.0899. The second kappa shape index (κ2) is 1.90. The van der Waals surface area contributed by atoms with E-state index in [1.54, 1.807) is 6.92 Å². The summed E-state index contributed by atoms with van der Waals surface area (Å²) >= 11 is 0. The molecule has 2 unspecified atom stereocenters. The van der Waals surface area contributed by atoms with E-state index in [1.165, 1.54) is 0 Å². The minimum absolute atomic E-state index is 0.109. The van der Waals surface area contributed by atoms with Crippen LogP contribution in [0.15, 0.2) is 0 Å². The lowest BCUT2D eigenvalue weighted by atomic mass is 10.1. The van der Waals surface area contributed by atoms with E-state index in [0.717, 1.165) is 0 Å². The van der Waals surface area contributed by atoms with E-state index >= 15 is 0 Å². The highest BCUT2D eigenvalue weighted by molar-refractivity contribution is 4.99. The predicted octanol–water partition coefficient (Wildman–Crippen LogP) is 1.27. The fraction of sp³-hybridized carbons (Fsp3) is 1.00. The number of hydrogen-bond acceptors (Lipinski definition) is 1. The molecule has 0 spiro atoms. The SMILES string of the molecule is CC1(CO)CC1C(F)F. The summed E-state index contributed by atoms with van der Waals surface area (Å²) in [6, 6.07) is 0. The maximum atomic E-state index is 11.8. The molecule has 0 aromatic rings. The quantitative estimate of drug-likeness (QED) is 0.606. The molecule has 1 fully saturated rings. The van der Waals surface area contributed by atoms with Crippen LogP contribution in [0.5, 0.6) is 0 Å². The first kappa shape index (κ1) is 6.93. The van der Waals surface area contributed by atoms with Gasteiger partial charge in [0, 0.05) is 12.5 Å². The third-order valence-corrected chi connectivity index (χ3v) is 2.09. The normalized spacial score (nSPS) is 41.7. The molecular weight excluding hydrogens is 126 g/mol. The van der Waals surface area contributed by atoms with Crippen LogP contribution < -0.4 is 0 Å². The van der Waals surface area contributed by atoms with E-state index in [4.69, 9.17) is 5.11 Å². The molecule has 1 N–H and O–H groups in total. The molecule has 1 rings (SSSR count). The first-order chi connectivity index (χ1) is 4.10. The van der Waals surface area contributed by atoms with Gasteiger partial charge in [0.1, 0.15) is 0 Å². The maximum Gasteiger partial charge on any atom is 0.242 e. The highest BCUT2D eigenvalue weighted by atomic mass is 19.3. The van der Waals surface area contributed by atoms with Gasteiger partial charge >= 0.3 is 0 Å². The number of aliphatic hydroxyl groups excluding tert-OH is 1. The Labute approximate surface area is 52.7 Å². The van der Waals surface area contributed by atoms with Crippen molar-refractivity contribution in [2.24, 2.45) is 11.3 Å². The van der Waals surface area contributed by atoms with Gasteiger partial charge in [0.25, 0.3) is 0 Å². The van der Waals surface area contributed by atoms with Crippen molar-refractivity contribution in [1.29, 1.82) is 0 Å². The van der Waals surface area contributed by atoms with Crippen LogP contribution in [0.2, 0.25) is 0 Å². The van der Waals surface area contributed by atoms with Gasteiger partial charge in [0.05, 0.1) is 0 Å². The second-order valence-corrected chi connectivity index (χ2v) is 2.96. The first-order valence-electron chi connectivity index (χ1n) is 2.99. The lowest BCUT2D eigenvalue weighted by Gasteiger charge is -2.03. The molecule has 0 amide bonds. The van der Waals surface area contributed by atoms with Crippen LogP contribution in [0.1, 0.15) is 13.3 Å². The van der Waals surface area contributed by atoms with E-state index < -0.39 is 17.8 Å². The average Bonchev–Trinajstić information content (AvgIpc) is 2.44. The highest BCUT2D eigenvalue weighted by Gasteiger charge is 2.54. The van der Waals surface area contributed by atoms with E-state index in [0.29, 0.717) is 6.42 Å². The molecule has 0 radical (unpaired) electrons. The fourth-order valence-electron chi connectivity index (χ4n) is 1.02. The van der Waals surface area contributed by atoms with Gasteiger partial charge in [0.2, 0.25) is 6.43 Å². The molecule has 54 valence electrons. The van der Waals surface area contributed by atoms with Crippen LogP contribution in [-0.2, 0) is 0 Å². The summed E-state index contributed by atoms with van der Waals surface area (Å²) in [5.74, 6) is -0.553. The van der Waals surface area contributed by atoms with Crippen LogP contribution in [0.25, 0.3) is 0 Å². The minimum atomic E-state index is -2.25. The number of aliphatic hydroxyl groups is 1. The van der Waals surface area contributed by atoms with Crippen LogP contribution >= 0.6 is 0 Å². The fourth-order valence-corrected chi connectivity index (χ4v) is 1.02. The van der Waals surface area contributed by atoms with Gasteiger partial charge < -0.3 is 5.11 Å². The summed E-state index contributed by atoms with van der Waals surface area (Å²) in [4.78, 5) is 0. The zero-order valence-electron chi connectivity index (χ0n) is 5.27. The van der Waals surface area contributed by atoms with E-state index in [2.05, 4.69) is 0 Å². The largest absolute Gasteiger partial charge is 0.396 e. The summed E-state index contributed by atoms with van der Waals surface area (Å²) in [6.45, 7) is 1.58. The van der Waals surface area contributed by atoms with Crippen molar-refractivity contribution in [3.05, 3.63) is 0 Å². The van der Waals surface area contributed by atoms with Gasteiger partial charge in [-0.1, -0.05) is 6.92 Å². The van der Waals surface area contributed by atoms with Gasteiger partial charge in [0.15, 0.2) is 0 Å². The molecule has 2 atom stereocenters. The number of hydrogen-bond donors (Lipinski definition) is 1. The second-order valence-electron chi connectivity index (χ2n) is 2.96. The lowest BCUT2D eigenvalue weighted by Crippen LogP contribution is -2.08. The van der Waals surface area contributed by atoms with Crippen molar-refractivity contribution in [3.63, 3.8) is 0 Å². The zero-order valence-corrected chi connectivity index (χ0v) is 5.27. The molecular formula is C6H10F2O. The summed E-state index contributed by atoms with van der Waals surface area (Å²) in [7, 11) is 0. The third-order valence-electron chi connectivity index (χ3n) is 2.09. The van der Waals surface area contributed by atoms with Crippen molar-refractivity contribution < 1.29 is 13.9 Å². The molecule has 0 aromatic carbocycles. The molecule has 1 aliphatic carbocycles. The van der Waals surface area contributed by atoms with Crippen LogP contribution in [-0.4, -0.2) is 18.1 Å². The molecule has 1 saturated carbocycles. The first-order valence-corrected chi connectivity index (χ1v) is 2.99. The summed E-state index contributed by atoms with van der Waals surface area (Å²) < 4.78 is 23.6. The smallest absolute Gasteiger partial charge is 0.242 e. The monoisotopic (exact) mass is 136 g/mol. The summed E-state index contributed by atoms with van der Waals surface area (Å²) in [5, 5.41) is 8.55. The number of rotatable bonds is 2. The summed E-state index contributed by atoms with van der Waals surface area (Å²) in [6.07, 6.45) is -1.77. The Kier molecular flexibility index (Phi) is 1.47. The average molecular weight is 136 g/mol. The predicted molar refractivity (Wildman–Crippen MR) is 29.3 cm³/mol. The molecule has 0 aliphatic heterocycles. The van der Waals surface area contributed by atoms with Crippen molar-refractivity contribution in [2.75, 3.05) is 6.61 Å². The Morgan fingerprint density at radius 3 is 2.44 bits per heavy atom. The van der Waals surface area contributed by atoms with Gasteiger partial charge in [-0.3, -0.25) is 0 Å². The molecule has 1 nitrogen and oxygen atoms in total. The topological polar surface area (TPSA) is 20.2 Å². The molecule has 3 heteroatoms.